The lowest BCUT2D eigenvalue weighted by molar-refractivity contribution is 0.290. The molecule has 0 radical (unpaired) electrons. The first-order valence-electron chi connectivity index (χ1n) is 6.15. The molecular formula is C14H16Cl2N2O. The highest BCUT2D eigenvalue weighted by Gasteiger charge is 2.10. The molecule has 0 bridgehead atoms. The van der Waals surface area contributed by atoms with Crippen LogP contribution in [0.2, 0.25) is 5.02 Å². The lowest BCUT2D eigenvalue weighted by Crippen LogP contribution is -2.07. The van der Waals surface area contributed by atoms with E-state index in [0.29, 0.717) is 23.3 Å². The fraction of sp³-hybridized carbons (Fsp3) is 0.357. The highest BCUT2D eigenvalue weighted by atomic mass is 35.5. The van der Waals surface area contributed by atoms with Crippen molar-refractivity contribution < 1.29 is 4.74 Å². The van der Waals surface area contributed by atoms with Crippen LogP contribution in [-0.4, -0.2) is 9.78 Å². The van der Waals surface area contributed by atoms with Crippen LogP contribution in [-0.2, 0) is 19.0 Å². The average Bonchev–Trinajstić information content (AvgIpc) is 2.77. The quantitative estimate of drug-likeness (QED) is 0.774. The zero-order chi connectivity index (χ0) is 13.8. The molecular weight excluding hydrogens is 283 g/mol. The smallest absolute Gasteiger partial charge is 0.142 e. The number of aromatic nitrogens is 2. The molecule has 19 heavy (non-hydrogen) atoms. The monoisotopic (exact) mass is 298 g/mol. The van der Waals surface area contributed by atoms with Crippen molar-refractivity contribution in [3.8, 4) is 5.75 Å². The standard InChI is InChI=1S/C14H16Cl2N2O/c1-3-18-12(7-10(2)17-18)9-19-14-11(8-15)5-4-6-13(14)16/h4-7H,3,8-9H2,1-2H3. The zero-order valence-corrected chi connectivity index (χ0v) is 12.5. The van der Waals surface area contributed by atoms with Gasteiger partial charge in [-0.25, -0.2) is 0 Å². The van der Waals surface area contributed by atoms with Gasteiger partial charge in [0, 0.05) is 12.1 Å². The molecule has 0 saturated heterocycles. The Kier molecular flexibility index (Phi) is 4.72. The van der Waals surface area contributed by atoms with E-state index in [1.807, 2.05) is 29.8 Å². The Morgan fingerprint density at radius 3 is 2.84 bits per heavy atom. The molecule has 0 unspecified atom stereocenters. The first-order valence-corrected chi connectivity index (χ1v) is 7.06. The first-order chi connectivity index (χ1) is 9.15. The maximum absolute atomic E-state index is 6.15. The summed E-state index contributed by atoms with van der Waals surface area (Å²) < 4.78 is 7.75. The van der Waals surface area contributed by atoms with Crippen LogP contribution in [0.5, 0.6) is 5.75 Å². The van der Waals surface area contributed by atoms with E-state index < -0.39 is 0 Å². The maximum atomic E-state index is 6.15. The van der Waals surface area contributed by atoms with Crippen molar-refractivity contribution in [2.75, 3.05) is 0 Å². The van der Waals surface area contributed by atoms with E-state index in [-0.39, 0.29) is 0 Å². The summed E-state index contributed by atoms with van der Waals surface area (Å²) >= 11 is 12.0. The van der Waals surface area contributed by atoms with Gasteiger partial charge in [-0.1, -0.05) is 23.7 Å². The van der Waals surface area contributed by atoms with Gasteiger partial charge in [-0.2, -0.15) is 5.10 Å². The van der Waals surface area contributed by atoms with Crippen molar-refractivity contribution in [1.82, 2.24) is 9.78 Å². The van der Waals surface area contributed by atoms with Gasteiger partial charge in [0.05, 0.1) is 22.3 Å². The predicted octanol–water partition coefficient (Wildman–Crippen LogP) is 4.18. The lowest BCUT2D eigenvalue weighted by Gasteiger charge is -2.12. The number of hydrogen-bond acceptors (Lipinski definition) is 2. The molecule has 1 aromatic carbocycles. The van der Waals surface area contributed by atoms with Crippen LogP contribution >= 0.6 is 23.2 Å². The highest BCUT2D eigenvalue weighted by molar-refractivity contribution is 6.32. The summed E-state index contributed by atoms with van der Waals surface area (Å²) in [7, 11) is 0. The van der Waals surface area contributed by atoms with Crippen LogP contribution in [0.1, 0.15) is 23.9 Å². The summed E-state index contributed by atoms with van der Waals surface area (Å²) in [5.41, 5.74) is 2.91. The molecule has 102 valence electrons. The number of rotatable bonds is 5. The Bertz CT molecular complexity index is 567. The largest absolute Gasteiger partial charge is 0.485 e. The minimum Gasteiger partial charge on any atom is -0.485 e. The number of aryl methyl sites for hydroxylation is 2. The van der Waals surface area contributed by atoms with E-state index in [4.69, 9.17) is 27.9 Å². The van der Waals surface area contributed by atoms with Crippen LogP contribution in [0.25, 0.3) is 0 Å². The molecule has 0 amide bonds. The number of halogens is 2. The van der Waals surface area contributed by atoms with E-state index in [1.165, 1.54) is 0 Å². The van der Waals surface area contributed by atoms with Gasteiger partial charge in [0.1, 0.15) is 12.4 Å². The van der Waals surface area contributed by atoms with Gasteiger partial charge in [-0.05, 0) is 26.0 Å². The van der Waals surface area contributed by atoms with Crippen LogP contribution in [0, 0.1) is 6.92 Å². The van der Waals surface area contributed by atoms with Crippen LogP contribution in [0.4, 0.5) is 0 Å². The first kappa shape index (κ1) is 14.2. The van der Waals surface area contributed by atoms with E-state index >= 15 is 0 Å². The fourth-order valence-electron chi connectivity index (χ4n) is 1.96. The van der Waals surface area contributed by atoms with Gasteiger partial charge in [-0.15, -0.1) is 11.6 Å². The molecule has 3 nitrogen and oxygen atoms in total. The molecule has 0 aliphatic rings. The Labute approximate surface area is 123 Å². The number of alkyl halides is 1. The van der Waals surface area contributed by atoms with E-state index in [0.717, 1.165) is 23.5 Å². The topological polar surface area (TPSA) is 27.1 Å². The van der Waals surface area contributed by atoms with E-state index in [9.17, 15) is 0 Å². The van der Waals surface area contributed by atoms with Crippen molar-refractivity contribution in [1.29, 1.82) is 0 Å². The SMILES string of the molecule is CCn1nc(C)cc1COc1c(Cl)cccc1CCl. The van der Waals surface area contributed by atoms with Gasteiger partial charge in [0.2, 0.25) is 0 Å². The normalized spacial score (nSPS) is 10.7. The second-order valence-corrected chi connectivity index (χ2v) is 4.92. The summed E-state index contributed by atoms with van der Waals surface area (Å²) in [5, 5.41) is 4.96. The average molecular weight is 299 g/mol. The predicted molar refractivity (Wildman–Crippen MR) is 78.0 cm³/mol. The molecule has 1 heterocycles. The summed E-state index contributed by atoms with van der Waals surface area (Å²) in [6.07, 6.45) is 0. The van der Waals surface area contributed by atoms with Crippen molar-refractivity contribution in [2.45, 2.75) is 32.9 Å². The van der Waals surface area contributed by atoms with E-state index in [2.05, 4.69) is 12.0 Å². The second kappa shape index (κ2) is 6.31. The molecule has 0 spiro atoms. The summed E-state index contributed by atoms with van der Waals surface area (Å²) in [4.78, 5) is 0. The van der Waals surface area contributed by atoms with Crippen LogP contribution in [0.3, 0.4) is 0 Å². The van der Waals surface area contributed by atoms with Crippen LogP contribution in [0.15, 0.2) is 24.3 Å². The number of nitrogens with zero attached hydrogens (tertiary/aromatic N) is 2. The minimum atomic E-state index is 0.377. The van der Waals surface area contributed by atoms with Crippen molar-refractivity contribution >= 4 is 23.2 Å². The zero-order valence-electron chi connectivity index (χ0n) is 11.0. The summed E-state index contributed by atoms with van der Waals surface area (Å²) in [6, 6.07) is 7.60. The molecule has 0 saturated carbocycles. The van der Waals surface area contributed by atoms with Gasteiger partial charge in [0.25, 0.3) is 0 Å². The Balaban J connectivity index is 2.18. The molecule has 1 aromatic heterocycles. The number of hydrogen-bond donors (Lipinski definition) is 0. The van der Waals surface area contributed by atoms with Crippen LogP contribution < -0.4 is 4.74 Å². The second-order valence-electron chi connectivity index (χ2n) is 4.24. The molecule has 2 rings (SSSR count). The molecule has 5 heteroatoms. The molecule has 0 N–H and O–H groups in total. The van der Waals surface area contributed by atoms with Crippen molar-refractivity contribution in [3.05, 3.63) is 46.2 Å². The van der Waals surface area contributed by atoms with Gasteiger partial charge in [0.15, 0.2) is 0 Å². The third-order valence-electron chi connectivity index (χ3n) is 2.84. The summed E-state index contributed by atoms with van der Waals surface area (Å²) in [6.45, 7) is 5.27. The van der Waals surface area contributed by atoms with Gasteiger partial charge < -0.3 is 4.74 Å². The third kappa shape index (κ3) is 3.23. The van der Waals surface area contributed by atoms with Crippen molar-refractivity contribution in [2.24, 2.45) is 0 Å². The number of benzene rings is 1. The maximum Gasteiger partial charge on any atom is 0.142 e. The molecule has 0 fully saturated rings. The Morgan fingerprint density at radius 2 is 2.16 bits per heavy atom. The Hall–Kier alpha value is -1.19. The fourth-order valence-corrected chi connectivity index (χ4v) is 2.41. The minimum absolute atomic E-state index is 0.377. The summed E-state index contributed by atoms with van der Waals surface area (Å²) in [5.74, 6) is 1.03. The molecule has 0 atom stereocenters. The molecule has 0 aliphatic heterocycles. The third-order valence-corrected chi connectivity index (χ3v) is 3.43. The van der Waals surface area contributed by atoms with Gasteiger partial charge in [-0.3, -0.25) is 4.68 Å². The number of ether oxygens (including phenoxy) is 1. The van der Waals surface area contributed by atoms with Crippen molar-refractivity contribution in [3.63, 3.8) is 0 Å². The van der Waals surface area contributed by atoms with Gasteiger partial charge >= 0.3 is 0 Å². The molecule has 2 aromatic rings. The molecule has 0 aliphatic carbocycles. The lowest BCUT2D eigenvalue weighted by atomic mass is 10.2. The number of para-hydroxylation sites is 1. The Morgan fingerprint density at radius 1 is 1.37 bits per heavy atom. The highest BCUT2D eigenvalue weighted by Crippen LogP contribution is 2.30. The van der Waals surface area contributed by atoms with E-state index in [1.54, 1.807) is 6.07 Å².